The van der Waals surface area contributed by atoms with Crippen LogP contribution in [0.25, 0.3) is 118 Å². The van der Waals surface area contributed by atoms with Crippen molar-refractivity contribution in [3.8, 4) is 96.5 Å². The zero-order valence-corrected chi connectivity index (χ0v) is 39.2. The Morgan fingerprint density at radius 3 is 1.07 bits per heavy atom. The molecule has 71 heavy (non-hydrogen) atoms. The maximum absolute atomic E-state index is 5.43. The number of rotatable bonds is 9. The molecule has 0 N–H and O–H groups in total. The molecule has 0 aliphatic carbocycles. The quantitative estimate of drug-likeness (QED) is 0.136. The fourth-order valence-corrected chi connectivity index (χ4v) is 9.12. The van der Waals surface area contributed by atoms with Crippen molar-refractivity contribution in [3.63, 3.8) is 0 Å². The Kier molecular flexibility index (Phi) is 10.7. The molecule has 7 aromatic carbocycles. The summed E-state index contributed by atoms with van der Waals surface area (Å²) in [5.74, 6) is 6.01. The lowest BCUT2D eigenvalue weighted by Gasteiger charge is -2.17. The van der Waals surface area contributed by atoms with Crippen molar-refractivity contribution in [3.05, 3.63) is 205 Å². The van der Waals surface area contributed by atoms with Crippen LogP contribution in [0.3, 0.4) is 0 Å². The summed E-state index contributed by atoms with van der Waals surface area (Å²) in [6.07, 6.45) is 0. The van der Waals surface area contributed by atoms with Gasteiger partial charge in [-0.15, -0.1) is 0 Å². The molecular weight excluding hydrogens is 877 g/mol. The first kappa shape index (κ1) is 42.8. The molecule has 0 atom stereocenters. The predicted molar refractivity (Wildman–Crippen MR) is 279 cm³/mol. The van der Waals surface area contributed by atoms with Gasteiger partial charge < -0.3 is 4.57 Å². The van der Waals surface area contributed by atoms with Crippen molar-refractivity contribution in [2.45, 2.75) is 27.7 Å². The maximum atomic E-state index is 5.43. The van der Waals surface area contributed by atoms with Crippen LogP contribution >= 0.6 is 0 Å². The van der Waals surface area contributed by atoms with E-state index in [2.05, 4.69) is 87.3 Å². The summed E-state index contributed by atoms with van der Waals surface area (Å²) in [6, 6.07) is 61.5. The Morgan fingerprint density at radius 2 is 0.620 bits per heavy atom. The highest BCUT2D eigenvalue weighted by Gasteiger charge is 2.23. The van der Waals surface area contributed by atoms with Gasteiger partial charge >= 0.3 is 0 Å². The van der Waals surface area contributed by atoms with E-state index < -0.39 is 0 Å². The minimum absolute atomic E-state index is 0.513. The molecule has 0 bridgehead atoms. The van der Waals surface area contributed by atoms with Crippen LogP contribution in [0.15, 0.2) is 182 Å². The van der Waals surface area contributed by atoms with E-state index in [4.69, 9.17) is 44.9 Å². The van der Waals surface area contributed by atoms with Crippen LogP contribution in [0, 0.1) is 27.7 Å². The van der Waals surface area contributed by atoms with Crippen LogP contribution in [0.4, 0.5) is 0 Å². The average molecular weight is 919 g/mol. The molecule has 0 saturated carbocycles. The molecule has 0 unspecified atom stereocenters. The number of aryl methyl sites for hydroxylation is 4. The van der Waals surface area contributed by atoms with Gasteiger partial charge in [-0.3, -0.25) is 0 Å². The SMILES string of the molecule is Cc1nc(C)nc(-c2ccc3c4ccc(-c5nc(C)nc(C)n5)cc4n(-c4ccc(-c5nc(-c6ccccc6)nc(-c6ccccc6)n5)cc4-c4cc(-c5ccccc5)nc(-c5ccccc5)n4)c3c2)n1. The fourth-order valence-electron chi connectivity index (χ4n) is 9.12. The van der Waals surface area contributed by atoms with Crippen LogP contribution in [0.5, 0.6) is 0 Å². The van der Waals surface area contributed by atoms with Gasteiger partial charge in [0.05, 0.1) is 28.1 Å². The summed E-state index contributed by atoms with van der Waals surface area (Å²) in [6.45, 7) is 7.56. The lowest BCUT2D eigenvalue weighted by Crippen LogP contribution is -2.04. The number of hydrogen-bond acceptors (Lipinski definition) is 11. The van der Waals surface area contributed by atoms with Gasteiger partial charge in [-0.2, -0.15) is 0 Å². The number of fused-ring (bicyclic) bond motifs is 3. The maximum Gasteiger partial charge on any atom is 0.164 e. The first-order valence-corrected chi connectivity index (χ1v) is 23.3. The summed E-state index contributed by atoms with van der Waals surface area (Å²) < 4.78 is 2.29. The minimum Gasteiger partial charge on any atom is -0.309 e. The van der Waals surface area contributed by atoms with Crippen molar-refractivity contribution >= 4 is 21.8 Å². The molecular formula is C59H42N12. The van der Waals surface area contributed by atoms with Gasteiger partial charge in [0.15, 0.2) is 34.9 Å². The molecule has 0 saturated heterocycles. The first-order valence-electron chi connectivity index (χ1n) is 23.3. The third-order valence-electron chi connectivity index (χ3n) is 12.3. The van der Waals surface area contributed by atoms with Crippen molar-refractivity contribution in [1.82, 2.24) is 59.4 Å². The minimum atomic E-state index is 0.513. The largest absolute Gasteiger partial charge is 0.309 e. The molecule has 12 aromatic rings. The third-order valence-corrected chi connectivity index (χ3v) is 12.3. The monoisotopic (exact) mass is 918 g/mol. The number of benzene rings is 7. The highest BCUT2D eigenvalue weighted by atomic mass is 15.1. The van der Waals surface area contributed by atoms with Crippen molar-refractivity contribution in [2.24, 2.45) is 0 Å². The van der Waals surface area contributed by atoms with E-state index >= 15 is 0 Å². The molecule has 5 heterocycles. The lowest BCUT2D eigenvalue weighted by molar-refractivity contribution is 0.928. The molecule has 0 aliphatic heterocycles. The number of nitrogens with zero attached hydrogens (tertiary/aromatic N) is 12. The molecule has 0 fully saturated rings. The van der Waals surface area contributed by atoms with E-state index in [1.54, 1.807) is 0 Å². The van der Waals surface area contributed by atoms with Gasteiger partial charge in [0.2, 0.25) is 0 Å². The topological polar surface area (TPSA) is 147 Å². The highest BCUT2D eigenvalue weighted by Crippen LogP contribution is 2.41. The Hall–Kier alpha value is -9.55. The third kappa shape index (κ3) is 8.33. The van der Waals surface area contributed by atoms with Crippen molar-refractivity contribution in [2.75, 3.05) is 0 Å². The van der Waals surface area contributed by atoms with E-state index in [-0.39, 0.29) is 0 Å². The van der Waals surface area contributed by atoms with Gasteiger partial charge in [0.25, 0.3) is 0 Å². The average Bonchev–Trinajstić information content (AvgIpc) is 3.73. The molecule has 0 spiro atoms. The van der Waals surface area contributed by atoms with E-state index in [9.17, 15) is 0 Å². The van der Waals surface area contributed by atoms with E-state index in [0.29, 0.717) is 63.9 Å². The molecule has 12 heteroatoms. The second-order valence-corrected chi connectivity index (χ2v) is 17.3. The second kappa shape index (κ2) is 17.8. The van der Waals surface area contributed by atoms with Crippen LogP contribution < -0.4 is 0 Å². The van der Waals surface area contributed by atoms with Crippen LogP contribution in [0.2, 0.25) is 0 Å². The van der Waals surface area contributed by atoms with E-state index in [0.717, 1.165) is 77.7 Å². The Morgan fingerprint density at radius 1 is 0.268 bits per heavy atom. The summed E-state index contributed by atoms with van der Waals surface area (Å²) in [5.41, 5.74) is 11.1. The zero-order valence-electron chi connectivity index (χ0n) is 39.2. The first-order chi connectivity index (χ1) is 34.8. The van der Waals surface area contributed by atoms with Crippen LogP contribution in [0.1, 0.15) is 23.3 Å². The summed E-state index contributed by atoms with van der Waals surface area (Å²) in [4.78, 5) is 54.1. The van der Waals surface area contributed by atoms with Gasteiger partial charge in [-0.05, 0) is 64.1 Å². The van der Waals surface area contributed by atoms with E-state index in [1.807, 2.05) is 137 Å². The number of hydrogen-bond donors (Lipinski definition) is 0. The molecule has 0 amide bonds. The second-order valence-electron chi connectivity index (χ2n) is 17.3. The van der Waals surface area contributed by atoms with Gasteiger partial charge in [-0.25, -0.2) is 54.8 Å². The Labute approximate surface area is 409 Å². The van der Waals surface area contributed by atoms with Crippen molar-refractivity contribution in [1.29, 1.82) is 0 Å². The molecule has 0 aliphatic rings. The zero-order chi connectivity index (χ0) is 48.0. The summed E-state index contributed by atoms with van der Waals surface area (Å²) in [7, 11) is 0. The normalized spacial score (nSPS) is 11.4. The number of aromatic nitrogens is 12. The van der Waals surface area contributed by atoms with Gasteiger partial charge in [-0.1, -0.05) is 146 Å². The smallest absolute Gasteiger partial charge is 0.164 e. The lowest BCUT2D eigenvalue weighted by atomic mass is 10.0. The van der Waals surface area contributed by atoms with Gasteiger partial charge in [0.1, 0.15) is 23.3 Å². The molecule has 5 aromatic heterocycles. The standard InChI is InChI=1S/C59H42N12/c1-35-60-36(2)63-57(62-35)44-25-28-46-47-29-26-45(58-64-37(3)61-38(4)65-58)33-53(47)71(52(46)32-44)51-30-27-43(59-69-55(41-21-13-7-14-22-41)68-56(70-59)42-23-15-8-16-24-42)31-48(51)50-34-49(39-17-9-5-10-18-39)66-54(67-50)40-19-11-6-12-20-40/h5-34H,1-4H3. The molecule has 0 radical (unpaired) electrons. The van der Waals surface area contributed by atoms with Crippen LogP contribution in [-0.4, -0.2) is 59.4 Å². The predicted octanol–water partition coefficient (Wildman–Crippen LogP) is 12.7. The van der Waals surface area contributed by atoms with E-state index in [1.165, 1.54) is 0 Å². The Balaban J connectivity index is 1.18. The fraction of sp³-hybridized carbons (Fsp3) is 0.0678. The molecule has 12 nitrogen and oxygen atoms in total. The summed E-state index contributed by atoms with van der Waals surface area (Å²) in [5, 5.41) is 2.07. The van der Waals surface area contributed by atoms with Crippen LogP contribution in [-0.2, 0) is 0 Å². The highest BCUT2D eigenvalue weighted by molar-refractivity contribution is 6.11. The Bertz CT molecular complexity index is 3710. The van der Waals surface area contributed by atoms with Crippen molar-refractivity contribution < 1.29 is 0 Å². The molecule has 338 valence electrons. The summed E-state index contributed by atoms with van der Waals surface area (Å²) >= 11 is 0. The molecule has 12 rings (SSSR count). The van der Waals surface area contributed by atoms with Gasteiger partial charge in [0, 0.05) is 55.3 Å².